The molecular formula is C15H22O3. The summed E-state index contributed by atoms with van der Waals surface area (Å²) in [7, 11) is 0. The van der Waals surface area contributed by atoms with E-state index in [0.717, 1.165) is 18.4 Å². The Balaban J connectivity index is 2.10. The molecule has 1 N–H and O–H groups in total. The molecule has 0 bridgehead atoms. The van der Waals surface area contributed by atoms with Crippen molar-refractivity contribution in [2.24, 2.45) is 0 Å². The minimum absolute atomic E-state index is 0.268. The molecular weight excluding hydrogens is 228 g/mol. The van der Waals surface area contributed by atoms with E-state index in [0.29, 0.717) is 0 Å². The molecule has 1 aromatic rings. The average Bonchev–Trinajstić information content (AvgIpc) is 2.29. The SMILES string of the molecule is Cc1ccc(C2(C)CC[C@H](C(C)(C)O)OO2)cc1. The van der Waals surface area contributed by atoms with Crippen LogP contribution < -0.4 is 0 Å². The molecule has 3 nitrogen and oxygen atoms in total. The first-order chi connectivity index (χ1) is 8.31. The summed E-state index contributed by atoms with van der Waals surface area (Å²) in [4.78, 5) is 11.0. The Kier molecular flexibility index (Phi) is 3.49. The molecule has 1 fully saturated rings. The topological polar surface area (TPSA) is 38.7 Å². The van der Waals surface area contributed by atoms with Crippen LogP contribution in [-0.4, -0.2) is 16.8 Å². The molecule has 2 atom stereocenters. The molecule has 3 heteroatoms. The molecule has 0 spiro atoms. The van der Waals surface area contributed by atoms with Crippen LogP contribution in [0.2, 0.25) is 0 Å². The summed E-state index contributed by atoms with van der Waals surface area (Å²) in [5.74, 6) is 0. The Morgan fingerprint density at radius 1 is 1.28 bits per heavy atom. The molecule has 2 rings (SSSR count). The first kappa shape index (κ1) is 13.5. The van der Waals surface area contributed by atoms with Crippen molar-refractivity contribution in [2.75, 3.05) is 0 Å². The van der Waals surface area contributed by atoms with Gasteiger partial charge in [0, 0.05) is 0 Å². The summed E-state index contributed by atoms with van der Waals surface area (Å²) in [6.45, 7) is 7.58. The Morgan fingerprint density at radius 3 is 2.33 bits per heavy atom. The molecule has 0 aromatic heterocycles. The quantitative estimate of drug-likeness (QED) is 0.820. The van der Waals surface area contributed by atoms with E-state index in [2.05, 4.69) is 31.2 Å². The molecule has 100 valence electrons. The summed E-state index contributed by atoms with van der Waals surface area (Å²) in [5, 5.41) is 9.91. The molecule has 0 aliphatic carbocycles. The van der Waals surface area contributed by atoms with Gasteiger partial charge in [0.05, 0.1) is 5.60 Å². The number of rotatable bonds is 2. The predicted octanol–water partition coefficient (Wildman–Crippen LogP) is 3.09. The van der Waals surface area contributed by atoms with Crippen LogP contribution in [0.15, 0.2) is 24.3 Å². The molecule has 1 aliphatic heterocycles. The van der Waals surface area contributed by atoms with Crippen molar-refractivity contribution in [3.8, 4) is 0 Å². The second kappa shape index (κ2) is 4.65. The van der Waals surface area contributed by atoms with E-state index in [-0.39, 0.29) is 6.10 Å². The molecule has 1 saturated heterocycles. The maximum Gasteiger partial charge on any atom is 0.126 e. The lowest BCUT2D eigenvalue weighted by Crippen LogP contribution is -2.45. The van der Waals surface area contributed by atoms with Gasteiger partial charge in [0.25, 0.3) is 0 Å². The monoisotopic (exact) mass is 250 g/mol. The highest BCUT2D eigenvalue weighted by molar-refractivity contribution is 5.26. The number of hydrogen-bond donors (Lipinski definition) is 1. The van der Waals surface area contributed by atoms with Gasteiger partial charge in [-0.25, -0.2) is 9.78 Å². The fourth-order valence-electron chi connectivity index (χ4n) is 2.23. The van der Waals surface area contributed by atoms with E-state index < -0.39 is 11.2 Å². The molecule has 1 aromatic carbocycles. The number of benzene rings is 1. The van der Waals surface area contributed by atoms with E-state index in [1.807, 2.05) is 6.92 Å². The van der Waals surface area contributed by atoms with Crippen LogP contribution in [0.5, 0.6) is 0 Å². The Hall–Kier alpha value is -0.900. The largest absolute Gasteiger partial charge is 0.388 e. The summed E-state index contributed by atoms with van der Waals surface area (Å²) in [6, 6.07) is 8.30. The Bertz CT molecular complexity index is 395. The van der Waals surface area contributed by atoms with Crippen LogP contribution in [0.25, 0.3) is 0 Å². The maximum atomic E-state index is 9.91. The Labute approximate surface area is 109 Å². The molecule has 1 unspecified atom stereocenters. The zero-order chi connectivity index (χ0) is 13.4. The van der Waals surface area contributed by atoms with E-state index in [9.17, 15) is 5.11 Å². The molecule has 0 saturated carbocycles. The zero-order valence-electron chi connectivity index (χ0n) is 11.6. The summed E-state index contributed by atoms with van der Waals surface area (Å²) >= 11 is 0. The smallest absolute Gasteiger partial charge is 0.126 e. The lowest BCUT2D eigenvalue weighted by Gasteiger charge is -2.40. The van der Waals surface area contributed by atoms with Crippen LogP contribution >= 0.6 is 0 Å². The first-order valence-electron chi connectivity index (χ1n) is 6.45. The van der Waals surface area contributed by atoms with Crippen LogP contribution in [0.4, 0.5) is 0 Å². The molecule has 0 radical (unpaired) electrons. The normalized spacial score (nSPS) is 29.3. The standard InChI is InChI=1S/C15H22O3/c1-11-5-7-12(8-6-11)15(4)10-9-13(17-18-15)14(2,3)16/h5-8,13,16H,9-10H2,1-4H3/t13-,15?/m1/s1. The minimum atomic E-state index is -0.866. The highest BCUT2D eigenvalue weighted by atomic mass is 17.2. The van der Waals surface area contributed by atoms with Crippen molar-refractivity contribution >= 4 is 0 Å². The van der Waals surface area contributed by atoms with Crippen LogP contribution in [0, 0.1) is 6.92 Å². The zero-order valence-corrected chi connectivity index (χ0v) is 11.6. The van der Waals surface area contributed by atoms with E-state index in [1.54, 1.807) is 13.8 Å². The van der Waals surface area contributed by atoms with Crippen molar-refractivity contribution in [3.05, 3.63) is 35.4 Å². The van der Waals surface area contributed by atoms with Gasteiger partial charge in [-0.3, -0.25) is 0 Å². The third kappa shape index (κ3) is 2.74. The second-order valence-electron chi connectivity index (χ2n) is 5.96. The lowest BCUT2D eigenvalue weighted by atomic mass is 9.86. The minimum Gasteiger partial charge on any atom is -0.388 e. The van der Waals surface area contributed by atoms with Crippen LogP contribution in [-0.2, 0) is 15.4 Å². The Morgan fingerprint density at radius 2 is 1.89 bits per heavy atom. The fraction of sp³-hybridized carbons (Fsp3) is 0.600. The molecule has 0 amide bonds. The van der Waals surface area contributed by atoms with Crippen molar-refractivity contribution in [3.63, 3.8) is 0 Å². The first-order valence-corrected chi connectivity index (χ1v) is 6.45. The summed E-state index contributed by atoms with van der Waals surface area (Å²) < 4.78 is 0. The van der Waals surface area contributed by atoms with E-state index in [1.165, 1.54) is 5.56 Å². The summed E-state index contributed by atoms with van der Waals surface area (Å²) in [5.41, 5.74) is 1.06. The number of hydrogen-bond acceptors (Lipinski definition) is 3. The van der Waals surface area contributed by atoms with Crippen molar-refractivity contribution < 1.29 is 14.9 Å². The summed E-state index contributed by atoms with van der Waals surface area (Å²) in [6.07, 6.45) is 1.36. The van der Waals surface area contributed by atoms with Crippen LogP contribution in [0.3, 0.4) is 0 Å². The van der Waals surface area contributed by atoms with Gasteiger partial charge < -0.3 is 5.11 Å². The van der Waals surface area contributed by atoms with Crippen molar-refractivity contribution in [1.29, 1.82) is 0 Å². The molecule has 1 aliphatic rings. The van der Waals surface area contributed by atoms with Gasteiger partial charge in [0.1, 0.15) is 11.7 Å². The highest BCUT2D eigenvalue weighted by Crippen LogP contribution is 2.38. The molecule has 1 heterocycles. The van der Waals surface area contributed by atoms with Crippen molar-refractivity contribution in [2.45, 2.75) is 57.8 Å². The van der Waals surface area contributed by atoms with Gasteiger partial charge in [-0.2, -0.15) is 0 Å². The maximum absolute atomic E-state index is 9.91. The van der Waals surface area contributed by atoms with Gasteiger partial charge >= 0.3 is 0 Å². The predicted molar refractivity (Wildman–Crippen MR) is 70.0 cm³/mol. The average molecular weight is 250 g/mol. The molecule has 18 heavy (non-hydrogen) atoms. The fourth-order valence-corrected chi connectivity index (χ4v) is 2.23. The lowest BCUT2D eigenvalue weighted by molar-refractivity contribution is -0.427. The van der Waals surface area contributed by atoms with Gasteiger partial charge in [-0.15, -0.1) is 0 Å². The van der Waals surface area contributed by atoms with Crippen molar-refractivity contribution in [1.82, 2.24) is 0 Å². The van der Waals surface area contributed by atoms with Gasteiger partial charge in [-0.1, -0.05) is 29.8 Å². The number of aryl methyl sites for hydroxylation is 1. The third-order valence-electron chi connectivity index (χ3n) is 3.68. The highest BCUT2D eigenvalue weighted by Gasteiger charge is 2.40. The van der Waals surface area contributed by atoms with Crippen LogP contribution in [0.1, 0.15) is 44.7 Å². The second-order valence-corrected chi connectivity index (χ2v) is 5.96. The van der Waals surface area contributed by atoms with Gasteiger partial charge in [0.2, 0.25) is 0 Å². The third-order valence-corrected chi connectivity index (χ3v) is 3.68. The van der Waals surface area contributed by atoms with Gasteiger partial charge in [0.15, 0.2) is 0 Å². The van der Waals surface area contributed by atoms with E-state index >= 15 is 0 Å². The number of aliphatic hydroxyl groups is 1. The van der Waals surface area contributed by atoms with Gasteiger partial charge in [-0.05, 0) is 46.1 Å². The van der Waals surface area contributed by atoms with E-state index in [4.69, 9.17) is 9.78 Å².